The number of hydrogen-bond donors (Lipinski definition) is 1. The number of alkyl halides is 1. The maximum absolute atomic E-state index is 13.8. The zero-order valence-corrected chi connectivity index (χ0v) is 14.6. The number of nitrogens with zero attached hydrogens (tertiary/aromatic N) is 2. The standard InChI is InChI=1S/C17H26FN3OS/c1-17(18)7-4-13(5-8-17)15(22)19-9-6-14-12-23-16(20-14)21-10-2-3-11-21/h12-13H,2-11H2,1H3,(H,19,22). The Kier molecular flexibility index (Phi) is 5.19. The van der Waals surface area contributed by atoms with E-state index in [-0.39, 0.29) is 11.8 Å². The number of halogens is 1. The zero-order valence-electron chi connectivity index (χ0n) is 13.8. The van der Waals surface area contributed by atoms with Gasteiger partial charge in [0, 0.05) is 37.4 Å². The fourth-order valence-corrected chi connectivity index (χ4v) is 4.32. The largest absolute Gasteiger partial charge is 0.355 e. The molecule has 1 aliphatic carbocycles. The van der Waals surface area contributed by atoms with E-state index in [4.69, 9.17) is 0 Å². The summed E-state index contributed by atoms with van der Waals surface area (Å²) in [5.74, 6) is 0.0601. The summed E-state index contributed by atoms with van der Waals surface area (Å²) < 4.78 is 13.8. The van der Waals surface area contributed by atoms with Crippen LogP contribution in [0.15, 0.2) is 5.38 Å². The predicted molar refractivity (Wildman–Crippen MR) is 91.7 cm³/mol. The molecule has 1 aliphatic heterocycles. The Morgan fingerprint density at radius 3 is 2.83 bits per heavy atom. The molecule has 4 nitrogen and oxygen atoms in total. The lowest BCUT2D eigenvalue weighted by Gasteiger charge is -2.30. The lowest BCUT2D eigenvalue weighted by molar-refractivity contribution is -0.126. The van der Waals surface area contributed by atoms with Gasteiger partial charge >= 0.3 is 0 Å². The van der Waals surface area contributed by atoms with E-state index < -0.39 is 5.67 Å². The highest BCUT2D eigenvalue weighted by atomic mass is 32.1. The number of nitrogens with one attached hydrogen (secondary N) is 1. The van der Waals surface area contributed by atoms with Gasteiger partial charge in [-0.1, -0.05) is 0 Å². The van der Waals surface area contributed by atoms with Crippen molar-refractivity contribution >= 4 is 22.4 Å². The van der Waals surface area contributed by atoms with Gasteiger partial charge in [0.25, 0.3) is 0 Å². The minimum Gasteiger partial charge on any atom is -0.355 e. The summed E-state index contributed by atoms with van der Waals surface area (Å²) in [5, 5.41) is 6.20. The van der Waals surface area contributed by atoms with E-state index in [9.17, 15) is 9.18 Å². The Morgan fingerprint density at radius 2 is 2.13 bits per heavy atom. The van der Waals surface area contributed by atoms with Gasteiger partial charge in [0.1, 0.15) is 5.67 Å². The molecule has 128 valence electrons. The van der Waals surface area contributed by atoms with Crippen LogP contribution in [0.1, 0.15) is 51.1 Å². The molecular formula is C17H26FN3OS. The van der Waals surface area contributed by atoms with Crippen LogP contribution in [0.2, 0.25) is 0 Å². The van der Waals surface area contributed by atoms with Crippen molar-refractivity contribution in [3.05, 3.63) is 11.1 Å². The molecule has 1 saturated heterocycles. The van der Waals surface area contributed by atoms with Crippen LogP contribution in [-0.2, 0) is 11.2 Å². The van der Waals surface area contributed by atoms with Crippen molar-refractivity contribution in [2.24, 2.45) is 5.92 Å². The molecule has 1 saturated carbocycles. The molecule has 1 amide bonds. The van der Waals surface area contributed by atoms with Crippen LogP contribution < -0.4 is 10.2 Å². The Balaban J connectivity index is 1.40. The Morgan fingerprint density at radius 1 is 1.43 bits per heavy atom. The van der Waals surface area contributed by atoms with Crippen LogP contribution in [0, 0.1) is 5.92 Å². The molecule has 6 heteroatoms. The van der Waals surface area contributed by atoms with Gasteiger partial charge in [-0.25, -0.2) is 9.37 Å². The lowest BCUT2D eigenvalue weighted by atomic mass is 9.80. The molecule has 0 unspecified atom stereocenters. The van der Waals surface area contributed by atoms with Crippen LogP contribution >= 0.6 is 11.3 Å². The van der Waals surface area contributed by atoms with E-state index in [1.165, 1.54) is 12.8 Å². The first-order valence-electron chi connectivity index (χ1n) is 8.69. The number of carbonyl (C=O) groups is 1. The second-order valence-corrected chi connectivity index (χ2v) is 7.88. The van der Waals surface area contributed by atoms with Crippen molar-refractivity contribution in [1.29, 1.82) is 0 Å². The van der Waals surface area contributed by atoms with Crippen LogP contribution in [0.5, 0.6) is 0 Å². The van der Waals surface area contributed by atoms with Gasteiger partial charge in [-0.3, -0.25) is 4.79 Å². The molecule has 23 heavy (non-hydrogen) atoms. The smallest absolute Gasteiger partial charge is 0.223 e. The summed E-state index contributed by atoms with van der Waals surface area (Å²) in [6.45, 7) is 4.48. The molecule has 2 heterocycles. The first-order chi connectivity index (χ1) is 11.0. The summed E-state index contributed by atoms with van der Waals surface area (Å²) in [6.07, 6.45) is 5.59. The third-order valence-corrected chi connectivity index (χ3v) is 5.95. The molecular weight excluding hydrogens is 313 g/mol. The Labute approximate surface area is 141 Å². The molecule has 0 aromatic carbocycles. The summed E-state index contributed by atoms with van der Waals surface area (Å²) in [7, 11) is 0. The maximum atomic E-state index is 13.8. The summed E-state index contributed by atoms with van der Waals surface area (Å²) in [4.78, 5) is 19.2. The molecule has 2 aliphatic rings. The number of anilines is 1. The van der Waals surface area contributed by atoms with Crippen LogP contribution in [0.4, 0.5) is 9.52 Å². The zero-order chi connectivity index (χ0) is 16.3. The van der Waals surface area contributed by atoms with E-state index in [0.29, 0.717) is 32.2 Å². The van der Waals surface area contributed by atoms with E-state index in [1.54, 1.807) is 18.3 Å². The highest BCUT2D eigenvalue weighted by molar-refractivity contribution is 7.13. The van der Waals surface area contributed by atoms with Crippen molar-refractivity contribution in [1.82, 2.24) is 10.3 Å². The normalized spacial score (nSPS) is 28.1. The average molecular weight is 339 g/mol. The van der Waals surface area contributed by atoms with Crippen molar-refractivity contribution < 1.29 is 9.18 Å². The summed E-state index contributed by atoms with van der Waals surface area (Å²) >= 11 is 1.69. The molecule has 1 N–H and O–H groups in total. The van der Waals surface area contributed by atoms with Crippen molar-refractivity contribution in [2.45, 2.75) is 57.5 Å². The quantitative estimate of drug-likeness (QED) is 0.895. The monoisotopic (exact) mass is 339 g/mol. The fraction of sp³-hybridized carbons (Fsp3) is 0.765. The van der Waals surface area contributed by atoms with E-state index in [0.717, 1.165) is 30.3 Å². The van der Waals surface area contributed by atoms with Gasteiger partial charge in [-0.15, -0.1) is 11.3 Å². The van der Waals surface area contributed by atoms with Gasteiger partial charge in [0.05, 0.1) is 5.69 Å². The molecule has 0 bridgehead atoms. The summed E-state index contributed by atoms with van der Waals surface area (Å²) in [5.41, 5.74) is -0.0271. The number of thiazole rings is 1. The average Bonchev–Trinajstić information content (AvgIpc) is 3.18. The topological polar surface area (TPSA) is 45.2 Å². The highest BCUT2D eigenvalue weighted by Gasteiger charge is 2.33. The number of hydrogen-bond acceptors (Lipinski definition) is 4. The fourth-order valence-electron chi connectivity index (χ4n) is 3.40. The van der Waals surface area contributed by atoms with Gasteiger partial charge in [0.15, 0.2) is 5.13 Å². The first-order valence-corrected chi connectivity index (χ1v) is 9.57. The van der Waals surface area contributed by atoms with Gasteiger partial charge in [-0.2, -0.15) is 0 Å². The molecule has 1 aromatic heterocycles. The van der Waals surface area contributed by atoms with Crippen LogP contribution in [0.3, 0.4) is 0 Å². The molecule has 0 spiro atoms. The van der Waals surface area contributed by atoms with Crippen LogP contribution in [-0.4, -0.2) is 36.2 Å². The number of rotatable bonds is 5. The minimum absolute atomic E-state index is 0.0191. The molecule has 0 radical (unpaired) electrons. The highest BCUT2D eigenvalue weighted by Crippen LogP contribution is 2.34. The Bertz CT molecular complexity index is 530. The van der Waals surface area contributed by atoms with E-state index >= 15 is 0 Å². The number of amides is 1. The third-order valence-electron chi connectivity index (χ3n) is 5.00. The second-order valence-electron chi connectivity index (χ2n) is 7.04. The lowest BCUT2D eigenvalue weighted by Crippen LogP contribution is -2.37. The van der Waals surface area contributed by atoms with Crippen molar-refractivity contribution in [3.63, 3.8) is 0 Å². The number of carbonyl (C=O) groups excluding carboxylic acids is 1. The van der Waals surface area contributed by atoms with Gasteiger partial charge in [-0.05, 0) is 45.4 Å². The third kappa shape index (κ3) is 4.43. The van der Waals surface area contributed by atoms with Crippen LogP contribution in [0.25, 0.3) is 0 Å². The molecule has 2 fully saturated rings. The SMILES string of the molecule is CC1(F)CCC(C(=O)NCCc2csc(N3CCCC3)n2)CC1. The molecule has 1 aromatic rings. The first kappa shape index (κ1) is 16.7. The number of aromatic nitrogens is 1. The molecule has 0 atom stereocenters. The predicted octanol–water partition coefficient (Wildman–Crippen LogP) is 3.32. The van der Waals surface area contributed by atoms with Gasteiger partial charge < -0.3 is 10.2 Å². The van der Waals surface area contributed by atoms with Crippen molar-refractivity contribution in [3.8, 4) is 0 Å². The van der Waals surface area contributed by atoms with Crippen molar-refractivity contribution in [2.75, 3.05) is 24.5 Å². The second kappa shape index (κ2) is 7.16. The molecule has 3 rings (SSSR count). The Hall–Kier alpha value is -1.17. The minimum atomic E-state index is -1.08. The van der Waals surface area contributed by atoms with Gasteiger partial charge in [0.2, 0.25) is 5.91 Å². The van der Waals surface area contributed by atoms with E-state index in [2.05, 4.69) is 20.6 Å². The van der Waals surface area contributed by atoms with E-state index in [1.807, 2.05) is 0 Å². The summed E-state index contributed by atoms with van der Waals surface area (Å²) in [6, 6.07) is 0. The maximum Gasteiger partial charge on any atom is 0.223 e.